The number of benzene rings is 2. The van der Waals surface area contributed by atoms with Crippen molar-refractivity contribution in [3.05, 3.63) is 87.5 Å². The summed E-state index contributed by atoms with van der Waals surface area (Å²) in [5.41, 5.74) is 2.05. The highest BCUT2D eigenvalue weighted by Crippen LogP contribution is 2.26. The van der Waals surface area contributed by atoms with Gasteiger partial charge >= 0.3 is 5.97 Å². The summed E-state index contributed by atoms with van der Waals surface area (Å²) < 4.78 is 5.84. The lowest BCUT2D eigenvalue weighted by atomic mass is 10.0. The second-order valence-electron chi connectivity index (χ2n) is 8.36. The van der Waals surface area contributed by atoms with Crippen LogP contribution in [0.4, 0.5) is 5.82 Å². The van der Waals surface area contributed by atoms with Crippen molar-refractivity contribution in [2.45, 2.75) is 37.8 Å². The van der Waals surface area contributed by atoms with E-state index in [9.17, 15) is 14.7 Å². The van der Waals surface area contributed by atoms with Crippen LogP contribution in [0.2, 0.25) is 10.0 Å². The summed E-state index contributed by atoms with van der Waals surface area (Å²) in [6.07, 6.45) is 4.74. The number of ether oxygens (including phenoxy) is 1. The van der Waals surface area contributed by atoms with E-state index in [0.717, 1.165) is 30.6 Å². The van der Waals surface area contributed by atoms with Crippen LogP contribution in [-0.4, -0.2) is 40.7 Å². The molecule has 35 heavy (non-hydrogen) atoms. The fourth-order valence-electron chi connectivity index (χ4n) is 4.04. The van der Waals surface area contributed by atoms with E-state index in [0.29, 0.717) is 18.4 Å². The standard InChI is InChI=1S/C26H25Cl2N3O4/c27-20-6-1-7-21(28)23(20)25(32)31-22(26(33)34)14-16-8-10-19(11-9-16)35-13-3-5-18-15-17-4-2-12-29-24(17)30-18/h1-2,4,6-12,18,22H,3,5,13-15H2,(H,29,30)(H,31,32)(H,33,34)/t18-,22-/m1/s1. The molecule has 9 heteroatoms. The number of carboxylic acids is 1. The number of pyridine rings is 1. The molecule has 0 aliphatic carbocycles. The Balaban J connectivity index is 1.25. The second-order valence-corrected chi connectivity index (χ2v) is 9.17. The summed E-state index contributed by atoms with van der Waals surface area (Å²) in [6, 6.07) is 15.1. The first-order valence-corrected chi connectivity index (χ1v) is 12.1. The average Bonchev–Trinajstić information content (AvgIpc) is 3.25. The smallest absolute Gasteiger partial charge is 0.326 e. The minimum absolute atomic E-state index is 0.0544. The lowest BCUT2D eigenvalue weighted by Gasteiger charge is -2.16. The highest BCUT2D eigenvalue weighted by atomic mass is 35.5. The molecule has 0 spiro atoms. The summed E-state index contributed by atoms with van der Waals surface area (Å²) >= 11 is 12.1. The van der Waals surface area contributed by atoms with Crippen molar-refractivity contribution in [3.63, 3.8) is 0 Å². The molecule has 0 saturated heterocycles. The predicted octanol–water partition coefficient (Wildman–Crippen LogP) is 5.01. The van der Waals surface area contributed by atoms with Crippen LogP contribution in [0.25, 0.3) is 0 Å². The zero-order valence-electron chi connectivity index (χ0n) is 18.8. The molecule has 182 valence electrons. The molecule has 1 amide bonds. The van der Waals surface area contributed by atoms with Crippen molar-refractivity contribution in [2.24, 2.45) is 0 Å². The first-order chi connectivity index (χ1) is 16.9. The number of halogens is 2. The maximum atomic E-state index is 12.6. The SMILES string of the molecule is O=C(N[C@H](Cc1ccc(OCCC[C@@H]2Cc3cccnc3N2)cc1)C(=O)O)c1c(Cl)cccc1Cl. The Morgan fingerprint density at radius 1 is 1.11 bits per heavy atom. The monoisotopic (exact) mass is 513 g/mol. The first kappa shape index (κ1) is 24.8. The molecule has 0 radical (unpaired) electrons. The van der Waals surface area contributed by atoms with Gasteiger partial charge in [0.05, 0.1) is 22.2 Å². The van der Waals surface area contributed by atoms with E-state index in [2.05, 4.69) is 21.7 Å². The fraction of sp³-hybridized carbons (Fsp3) is 0.269. The Morgan fingerprint density at radius 3 is 2.54 bits per heavy atom. The number of fused-ring (bicyclic) bond motifs is 1. The van der Waals surface area contributed by atoms with Gasteiger partial charge < -0.3 is 20.5 Å². The van der Waals surface area contributed by atoms with Gasteiger partial charge in [0.25, 0.3) is 5.91 Å². The Bertz CT molecular complexity index is 1160. The summed E-state index contributed by atoms with van der Waals surface area (Å²) in [5.74, 6) is -0.111. The van der Waals surface area contributed by atoms with Crippen LogP contribution >= 0.6 is 23.2 Å². The van der Waals surface area contributed by atoms with Crippen LogP contribution in [0, 0.1) is 0 Å². The van der Waals surface area contributed by atoms with E-state index in [-0.39, 0.29) is 22.0 Å². The molecule has 2 atom stereocenters. The van der Waals surface area contributed by atoms with Crippen LogP contribution < -0.4 is 15.4 Å². The topological polar surface area (TPSA) is 101 Å². The van der Waals surface area contributed by atoms with Gasteiger partial charge in [0.1, 0.15) is 17.6 Å². The Kier molecular flexibility index (Phi) is 8.10. The van der Waals surface area contributed by atoms with E-state index in [4.69, 9.17) is 27.9 Å². The van der Waals surface area contributed by atoms with E-state index >= 15 is 0 Å². The number of hydrogen-bond donors (Lipinski definition) is 3. The third-order valence-electron chi connectivity index (χ3n) is 5.82. The molecule has 0 fully saturated rings. The third-order valence-corrected chi connectivity index (χ3v) is 6.45. The van der Waals surface area contributed by atoms with E-state index in [1.54, 1.807) is 36.5 Å². The summed E-state index contributed by atoms with van der Waals surface area (Å²) in [6.45, 7) is 0.577. The van der Waals surface area contributed by atoms with Gasteiger partial charge in [-0.05, 0) is 60.7 Å². The van der Waals surface area contributed by atoms with Gasteiger partial charge in [-0.1, -0.05) is 47.5 Å². The minimum atomic E-state index is -1.15. The summed E-state index contributed by atoms with van der Waals surface area (Å²) in [5, 5.41) is 15.9. The first-order valence-electron chi connectivity index (χ1n) is 11.3. The third kappa shape index (κ3) is 6.44. The average molecular weight is 514 g/mol. The molecule has 2 heterocycles. The van der Waals surface area contributed by atoms with E-state index in [1.165, 1.54) is 17.7 Å². The lowest BCUT2D eigenvalue weighted by Crippen LogP contribution is -2.42. The van der Waals surface area contributed by atoms with Crippen LogP contribution in [0.15, 0.2) is 60.8 Å². The number of aliphatic carboxylic acids is 1. The molecule has 0 bridgehead atoms. The molecular formula is C26H25Cl2N3O4. The molecule has 7 nitrogen and oxygen atoms in total. The number of aromatic nitrogens is 1. The normalized spacial score (nSPS) is 15.1. The quantitative estimate of drug-likeness (QED) is 0.329. The van der Waals surface area contributed by atoms with Crippen LogP contribution in [0.5, 0.6) is 5.75 Å². The predicted molar refractivity (Wildman–Crippen MR) is 136 cm³/mol. The second kappa shape index (κ2) is 11.4. The number of nitrogens with one attached hydrogen (secondary N) is 2. The Morgan fingerprint density at radius 2 is 1.86 bits per heavy atom. The van der Waals surface area contributed by atoms with E-state index in [1.807, 2.05) is 6.07 Å². The van der Waals surface area contributed by atoms with Gasteiger partial charge in [-0.25, -0.2) is 9.78 Å². The summed E-state index contributed by atoms with van der Waals surface area (Å²) in [4.78, 5) is 28.7. The number of carbonyl (C=O) groups excluding carboxylic acids is 1. The van der Waals surface area contributed by atoms with Crippen molar-refractivity contribution >= 4 is 40.9 Å². The number of hydrogen-bond acceptors (Lipinski definition) is 5. The lowest BCUT2D eigenvalue weighted by molar-refractivity contribution is -0.139. The van der Waals surface area contributed by atoms with Gasteiger partial charge in [-0.15, -0.1) is 0 Å². The number of amides is 1. The van der Waals surface area contributed by atoms with Crippen LogP contribution in [0.3, 0.4) is 0 Å². The van der Waals surface area contributed by atoms with Crippen molar-refractivity contribution < 1.29 is 19.4 Å². The number of nitrogens with zero attached hydrogens (tertiary/aromatic N) is 1. The number of rotatable bonds is 10. The fourth-order valence-corrected chi connectivity index (χ4v) is 4.61. The Hall–Kier alpha value is -3.29. The molecule has 4 rings (SSSR count). The van der Waals surface area contributed by atoms with Gasteiger partial charge in [0.15, 0.2) is 0 Å². The molecule has 2 aromatic carbocycles. The zero-order chi connectivity index (χ0) is 24.8. The number of anilines is 1. The van der Waals surface area contributed by atoms with E-state index < -0.39 is 17.9 Å². The molecule has 3 aromatic rings. The molecule has 0 saturated carbocycles. The van der Waals surface area contributed by atoms with Crippen LogP contribution in [0.1, 0.15) is 34.3 Å². The van der Waals surface area contributed by atoms with Crippen molar-refractivity contribution in [2.75, 3.05) is 11.9 Å². The zero-order valence-corrected chi connectivity index (χ0v) is 20.4. The number of carboxylic acid groups (broad SMARTS) is 1. The van der Waals surface area contributed by atoms with Gasteiger partial charge in [0.2, 0.25) is 0 Å². The van der Waals surface area contributed by atoms with Crippen molar-refractivity contribution in [3.8, 4) is 5.75 Å². The Labute approximate surface area is 213 Å². The van der Waals surface area contributed by atoms with Gasteiger partial charge in [-0.3, -0.25) is 4.79 Å². The maximum Gasteiger partial charge on any atom is 0.326 e. The van der Waals surface area contributed by atoms with Crippen molar-refractivity contribution in [1.82, 2.24) is 10.3 Å². The summed E-state index contributed by atoms with van der Waals surface area (Å²) in [7, 11) is 0. The molecule has 3 N–H and O–H groups in total. The van der Waals surface area contributed by atoms with Gasteiger partial charge in [-0.2, -0.15) is 0 Å². The molecule has 1 aromatic heterocycles. The minimum Gasteiger partial charge on any atom is -0.494 e. The largest absolute Gasteiger partial charge is 0.494 e. The molecule has 1 aliphatic rings. The molecule has 0 unspecified atom stereocenters. The highest BCUT2D eigenvalue weighted by molar-refractivity contribution is 6.39. The van der Waals surface area contributed by atoms with Crippen LogP contribution in [-0.2, 0) is 17.6 Å². The van der Waals surface area contributed by atoms with Crippen molar-refractivity contribution in [1.29, 1.82) is 0 Å². The number of carbonyl (C=O) groups is 2. The van der Waals surface area contributed by atoms with Gasteiger partial charge in [0, 0.05) is 18.7 Å². The molecule has 1 aliphatic heterocycles. The maximum absolute atomic E-state index is 12.6. The molecular weight excluding hydrogens is 489 g/mol. The highest BCUT2D eigenvalue weighted by Gasteiger charge is 2.24.